The van der Waals surface area contributed by atoms with Crippen LogP contribution >= 0.6 is 15.9 Å². The van der Waals surface area contributed by atoms with E-state index in [0.29, 0.717) is 0 Å². The number of benzene rings is 1. The van der Waals surface area contributed by atoms with Crippen molar-refractivity contribution in [1.29, 1.82) is 0 Å². The van der Waals surface area contributed by atoms with Gasteiger partial charge in [-0.2, -0.15) is 0 Å². The third kappa shape index (κ3) is 3.54. The Hall–Kier alpha value is -1.89. The zero-order chi connectivity index (χ0) is 13.8. The normalized spacial score (nSPS) is 18.1. The molecule has 0 radical (unpaired) electrons. The van der Waals surface area contributed by atoms with Gasteiger partial charge >= 0.3 is 6.16 Å². The van der Waals surface area contributed by atoms with Crippen molar-refractivity contribution in [1.82, 2.24) is 5.32 Å². The highest BCUT2D eigenvalue weighted by molar-refractivity contribution is 9.10. The van der Waals surface area contributed by atoms with E-state index in [1.165, 1.54) is 0 Å². The van der Waals surface area contributed by atoms with Crippen LogP contribution in [0, 0.1) is 0 Å². The molecule has 2 rings (SSSR count). The molecule has 7 heteroatoms. The second kappa shape index (κ2) is 5.83. The summed E-state index contributed by atoms with van der Waals surface area (Å²) in [5.41, 5.74) is 0.770. The fourth-order valence-electron chi connectivity index (χ4n) is 1.53. The molecule has 0 saturated carbocycles. The van der Waals surface area contributed by atoms with Crippen molar-refractivity contribution >= 4 is 33.9 Å². The molecule has 1 heterocycles. The average molecular weight is 328 g/mol. The van der Waals surface area contributed by atoms with Crippen molar-refractivity contribution in [2.75, 3.05) is 0 Å². The first-order valence-corrected chi connectivity index (χ1v) is 6.26. The highest BCUT2D eigenvalue weighted by Gasteiger charge is 2.34. The van der Waals surface area contributed by atoms with Crippen LogP contribution in [0.5, 0.6) is 0 Å². The third-order valence-corrected chi connectivity index (χ3v) is 3.24. The number of rotatable bonds is 3. The van der Waals surface area contributed by atoms with Gasteiger partial charge in [0.15, 0.2) is 6.10 Å². The van der Waals surface area contributed by atoms with E-state index < -0.39 is 24.1 Å². The first kappa shape index (κ1) is 13.5. The zero-order valence-electron chi connectivity index (χ0n) is 9.72. The third-order valence-electron chi connectivity index (χ3n) is 2.47. The maximum absolute atomic E-state index is 11.4. The highest BCUT2D eigenvalue weighted by Crippen LogP contribution is 2.17. The number of halogens is 1. The molecule has 19 heavy (non-hydrogen) atoms. The quantitative estimate of drug-likeness (QED) is 0.672. The van der Waals surface area contributed by atoms with Crippen molar-refractivity contribution in [2.24, 2.45) is 0 Å². The van der Waals surface area contributed by atoms with Gasteiger partial charge in [-0.3, -0.25) is 14.9 Å². The molecule has 1 aliphatic heterocycles. The van der Waals surface area contributed by atoms with Crippen LogP contribution in [0.4, 0.5) is 4.79 Å². The zero-order valence-corrected chi connectivity index (χ0v) is 11.3. The molecule has 1 aromatic rings. The van der Waals surface area contributed by atoms with Crippen molar-refractivity contribution < 1.29 is 23.9 Å². The summed E-state index contributed by atoms with van der Waals surface area (Å²) in [5, 5.41) is 2.04. The molecule has 1 aliphatic rings. The summed E-state index contributed by atoms with van der Waals surface area (Å²) < 4.78 is 10.4. The van der Waals surface area contributed by atoms with E-state index >= 15 is 0 Å². The largest absolute Gasteiger partial charge is 0.509 e. The van der Waals surface area contributed by atoms with Gasteiger partial charge in [-0.05, 0) is 6.07 Å². The molecular formula is C12H10BrNO5. The van der Waals surface area contributed by atoms with E-state index in [9.17, 15) is 14.4 Å². The maximum atomic E-state index is 11.4. The smallest absolute Gasteiger partial charge is 0.429 e. The lowest BCUT2D eigenvalue weighted by Crippen LogP contribution is -2.28. The first-order valence-electron chi connectivity index (χ1n) is 5.47. The van der Waals surface area contributed by atoms with Gasteiger partial charge in [0, 0.05) is 10.0 Å². The van der Waals surface area contributed by atoms with Crippen LogP contribution in [0.15, 0.2) is 28.7 Å². The molecule has 6 nitrogen and oxygen atoms in total. The predicted molar refractivity (Wildman–Crippen MR) is 67.0 cm³/mol. The molecule has 1 atom stereocenters. The van der Waals surface area contributed by atoms with Gasteiger partial charge in [0.05, 0.1) is 6.42 Å². The van der Waals surface area contributed by atoms with Gasteiger partial charge in [0.2, 0.25) is 5.91 Å². The van der Waals surface area contributed by atoms with Gasteiger partial charge < -0.3 is 9.47 Å². The van der Waals surface area contributed by atoms with Crippen LogP contribution in [0.2, 0.25) is 0 Å². The highest BCUT2D eigenvalue weighted by atomic mass is 79.9. The topological polar surface area (TPSA) is 81.7 Å². The molecule has 1 N–H and O–H groups in total. The number of carbonyl (C=O) groups excluding carboxylic acids is 3. The molecule has 1 aromatic carbocycles. The number of imide groups is 1. The average Bonchev–Trinajstić information content (AvgIpc) is 2.67. The van der Waals surface area contributed by atoms with Crippen LogP contribution in [-0.2, 0) is 25.7 Å². The number of amides is 2. The summed E-state index contributed by atoms with van der Waals surface area (Å²) >= 11 is 3.31. The van der Waals surface area contributed by atoms with Gasteiger partial charge in [0.25, 0.3) is 5.91 Å². The molecule has 0 bridgehead atoms. The number of carbonyl (C=O) groups is 3. The van der Waals surface area contributed by atoms with Crippen molar-refractivity contribution in [3.8, 4) is 0 Å². The fraction of sp³-hybridized carbons (Fsp3) is 0.250. The molecule has 0 spiro atoms. The van der Waals surface area contributed by atoms with Crippen molar-refractivity contribution in [3.05, 3.63) is 34.3 Å². The van der Waals surface area contributed by atoms with Crippen LogP contribution in [0.25, 0.3) is 0 Å². The summed E-state index contributed by atoms with van der Waals surface area (Å²) in [6.45, 7) is 0.0164. The number of hydrogen-bond donors (Lipinski definition) is 1. The summed E-state index contributed by atoms with van der Waals surface area (Å²) in [7, 11) is 0. The first-order chi connectivity index (χ1) is 9.06. The molecule has 1 saturated heterocycles. The van der Waals surface area contributed by atoms with Gasteiger partial charge in [0.1, 0.15) is 6.61 Å². The summed E-state index contributed by atoms with van der Waals surface area (Å²) in [6.07, 6.45) is -2.24. The molecule has 100 valence electrons. The predicted octanol–water partition coefficient (Wildman–Crippen LogP) is 1.52. The Balaban J connectivity index is 1.84. The standard InChI is InChI=1S/C12H10BrNO5/c13-8-4-2-1-3-7(8)6-18-12(17)19-9-5-10(15)14-11(9)16/h1-4,9H,5-6H2,(H,14,15,16). The van der Waals surface area contributed by atoms with E-state index in [2.05, 4.69) is 15.9 Å². The minimum Gasteiger partial charge on any atom is -0.429 e. The molecular weight excluding hydrogens is 318 g/mol. The second-order valence-corrected chi connectivity index (χ2v) is 4.71. The van der Waals surface area contributed by atoms with Crippen LogP contribution in [-0.4, -0.2) is 24.1 Å². The second-order valence-electron chi connectivity index (χ2n) is 3.85. The Morgan fingerprint density at radius 2 is 2.11 bits per heavy atom. The molecule has 2 amide bonds. The molecule has 0 aliphatic carbocycles. The summed E-state index contributed by atoms with van der Waals surface area (Å²) in [4.78, 5) is 33.5. The Morgan fingerprint density at radius 1 is 1.37 bits per heavy atom. The SMILES string of the molecule is O=C1CC(OC(=O)OCc2ccccc2Br)C(=O)N1. The lowest BCUT2D eigenvalue weighted by Gasteiger charge is -2.09. The van der Waals surface area contributed by atoms with Gasteiger partial charge in [-0.1, -0.05) is 34.1 Å². The minimum absolute atomic E-state index is 0.0164. The Kier molecular flexibility index (Phi) is 4.16. The van der Waals surface area contributed by atoms with E-state index in [1.807, 2.05) is 17.4 Å². The van der Waals surface area contributed by atoms with Gasteiger partial charge in [-0.25, -0.2) is 4.79 Å². The van der Waals surface area contributed by atoms with Crippen LogP contribution < -0.4 is 5.32 Å². The summed E-state index contributed by atoms with van der Waals surface area (Å²) in [5.74, 6) is -1.09. The Labute approximate surface area is 117 Å². The number of ether oxygens (including phenoxy) is 2. The van der Waals surface area contributed by atoms with E-state index in [0.717, 1.165) is 10.0 Å². The van der Waals surface area contributed by atoms with E-state index in [1.54, 1.807) is 12.1 Å². The fourth-order valence-corrected chi connectivity index (χ4v) is 1.93. The van der Waals surface area contributed by atoms with E-state index in [-0.39, 0.29) is 13.0 Å². The van der Waals surface area contributed by atoms with Crippen LogP contribution in [0.1, 0.15) is 12.0 Å². The number of nitrogens with one attached hydrogen (secondary N) is 1. The molecule has 1 unspecified atom stereocenters. The lowest BCUT2D eigenvalue weighted by molar-refractivity contribution is -0.128. The van der Waals surface area contributed by atoms with Gasteiger partial charge in [-0.15, -0.1) is 0 Å². The Bertz CT molecular complexity index is 531. The lowest BCUT2D eigenvalue weighted by atomic mass is 10.2. The monoisotopic (exact) mass is 327 g/mol. The van der Waals surface area contributed by atoms with E-state index in [4.69, 9.17) is 9.47 Å². The molecule has 1 fully saturated rings. The molecule has 0 aromatic heterocycles. The van der Waals surface area contributed by atoms with Crippen LogP contribution in [0.3, 0.4) is 0 Å². The van der Waals surface area contributed by atoms with Crippen molar-refractivity contribution in [3.63, 3.8) is 0 Å². The Morgan fingerprint density at radius 3 is 2.74 bits per heavy atom. The minimum atomic E-state index is -1.10. The summed E-state index contributed by atoms with van der Waals surface area (Å²) in [6, 6.07) is 7.23. The number of hydrogen-bond acceptors (Lipinski definition) is 5. The maximum Gasteiger partial charge on any atom is 0.509 e. The van der Waals surface area contributed by atoms with Crippen molar-refractivity contribution in [2.45, 2.75) is 19.1 Å².